The van der Waals surface area contributed by atoms with Gasteiger partial charge < -0.3 is 14.6 Å². The highest BCUT2D eigenvalue weighted by molar-refractivity contribution is 4.95. The predicted octanol–water partition coefficient (Wildman–Crippen LogP) is 2.54. The predicted molar refractivity (Wildman–Crippen MR) is 79.3 cm³/mol. The summed E-state index contributed by atoms with van der Waals surface area (Å²) in [6.07, 6.45) is 6.89. The Morgan fingerprint density at radius 1 is 1.42 bits per heavy atom. The number of ether oxygens (including phenoxy) is 1. The fraction of sp³-hybridized carbons (Fsp3) is 0.800. The van der Waals surface area contributed by atoms with Crippen molar-refractivity contribution in [1.29, 1.82) is 0 Å². The van der Waals surface area contributed by atoms with E-state index in [0.29, 0.717) is 6.04 Å². The molecule has 2 atom stereocenters. The molecular formula is C15H29N3O. The normalized spacial score (nSPS) is 16.3. The molecule has 1 N–H and O–H groups in total. The number of hydrogen-bond acceptors (Lipinski definition) is 3. The highest BCUT2D eigenvalue weighted by Crippen LogP contribution is 2.23. The first kappa shape index (κ1) is 16.2. The van der Waals surface area contributed by atoms with Gasteiger partial charge in [-0.3, -0.25) is 0 Å². The number of rotatable bonds is 9. The average Bonchev–Trinajstić information content (AvgIpc) is 2.80. The second kappa shape index (κ2) is 7.65. The van der Waals surface area contributed by atoms with Gasteiger partial charge in [0.2, 0.25) is 0 Å². The second-order valence-corrected chi connectivity index (χ2v) is 5.20. The quantitative estimate of drug-likeness (QED) is 0.747. The summed E-state index contributed by atoms with van der Waals surface area (Å²) >= 11 is 0. The van der Waals surface area contributed by atoms with Crippen LogP contribution in [0.4, 0.5) is 0 Å². The van der Waals surface area contributed by atoms with Gasteiger partial charge in [-0.25, -0.2) is 4.98 Å². The second-order valence-electron chi connectivity index (χ2n) is 5.20. The number of hydrogen-bond donors (Lipinski definition) is 1. The van der Waals surface area contributed by atoms with E-state index >= 15 is 0 Å². The molecule has 4 nitrogen and oxygen atoms in total. The maximum absolute atomic E-state index is 6.00. The number of aryl methyl sites for hydroxylation is 2. The minimum Gasteiger partial charge on any atom is -0.374 e. The number of likely N-dealkylation sites (N-methyl/N-ethyl adjacent to an activating group) is 1. The van der Waals surface area contributed by atoms with Crippen molar-refractivity contribution in [3.8, 4) is 0 Å². The Bertz CT molecular complexity index is 364. The van der Waals surface area contributed by atoms with Crippen LogP contribution >= 0.6 is 0 Å². The van der Waals surface area contributed by atoms with Crippen molar-refractivity contribution in [2.75, 3.05) is 13.2 Å². The zero-order chi connectivity index (χ0) is 14.3. The fourth-order valence-electron chi connectivity index (χ4n) is 2.56. The molecule has 2 unspecified atom stereocenters. The van der Waals surface area contributed by atoms with Crippen molar-refractivity contribution in [3.63, 3.8) is 0 Å². The van der Waals surface area contributed by atoms with E-state index in [-0.39, 0.29) is 5.60 Å². The molecule has 1 aromatic rings. The zero-order valence-corrected chi connectivity index (χ0v) is 13.1. The smallest absolute Gasteiger partial charge is 0.108 e. The molecule has 1 rings (SSSR count). The molecule has 110 valence electrons. The van der Waals surface area contributed by atoms with Crippen LogP contribution < -0.4 is 5.32 Å². The lowest BCUT2D eigenvalue weighted by atomic mass is 9.89. The molecule has 0 aliphatic heterocycles. The van der Waals surface area contributed by atoms with Crippen LogP contribution in [-0.2, 0) is 18.2 Å². The van der Waals surface area contributed by atoms with Crippen LogP contribution in [0.25, 0.3) is 0 Å². The minimum absolute atomic E-state index is 0.101. The van der Waals surface area contributed by atoms with E-state index in [9.17, 15) is 0 Å². The van der Waals surface area contributed by atoms with Gasteiger partial charge in [-0.2, -0.15) is 0 Å². The third-order valence-electron chi connectivity index (χ3n) is 3.94. The number of nitrogens with zero attached hydrogens (tertiary/aromatic N) is 2. The van der Waals surface area contributed by atoms with Crippen LogP contribution in [0.3, 0.4) is 0 Å². The van der Waals surface area contributed by atoms with Gasteiger partial charge in [-0.15, -0.1) is 0 Å². The molecule has 0 amide bonds. The largest absolute Gasteiger partial charge is 0.374 e. The van der Waals surface area contributed by atoms with E-state index in [1.807, 2.05) is 19.4 Å². The first-order valence-corrected chi connectivity index (χ1v) is 7.40. The lowest BCUT2D eigenvalue weighted by Gasteiger charge is -2.37. The number of aromatic nitrogens is 2. The van der Waals surface area contributed by atoms with E-state index in [1.165, 1.54) is 0 Å². The Labute approximate surface area is 117 Å². The Morgan fingerprint density at radius 2 is 2.16 bits per heavy atom. The maximum Gasteiger partial charge on any atom is 0.108 e. The SMILES string of the molecule is CCNC(CCc1nccn1C)C(C)(CC)OCC. The molecule has 0 spiro atoms. The maximum atomic E-state index is 6.00. The molecule has 19 heavy (non-hydrogen) atoms. The fourth-order valence-corrected chi connectivity index (χ4v) is 2.56. The molecule has 1 aromatic heterocycles. The van der Waals surface area contributed by atoms with Crippen molar-refractivity contribution in [1.82, 2.24) is 14.9 Å². The summed E-state index contributed by atoms with van der Waals surface area (Å²) in [4.78, 5) is 4.40. The summed E-state index contributed by atoms with van der Waals surface area (Å²) in [7, 11) is 2.05. The Hall–Kier alpha value is -0.870. The average molecular weight is 267 g/mol. The minimum atomic E-state index is -0.101. The first-order valence-electron chi connectivity index (χ1n) is 7.40. The molecule has 0 aliphatic carbocycles. The van der Waals surface area contributed by atoms with Crippen LogP contribution in [0, 0.1) is 0 Å². The summed E-state index contributed by atoms with van der Waals surface area (Å²) in [6.45, 7) is 10.3. The van der Waals surface area contributed by atoms with Gasteiger partial charge in [0.05, 0.1) is 5.60 Å². The van der Waals surface area contributed by atoms with E-state index in [2.05, 4.69) is 42.6 Å². The number of imidazole rings is 1. The molecule has 4 heteroatoms. The highest BCUT2D eigenvalue weighted by Gasteiger charge is 2.32. The van der Waals surface area contributed by atoms with Crippen molar-refractivity contribution < 1.29 is 4.74 Å². The van der Waals surface area contributed by atoms with Gasteiger partial charge in [0, 0.05) is 38.5 Å². The summed E-state index contributed by atoms with van der Waals surface area (Å²) in [5, 5.41) is 3.58. The highest BCUT2D eigenvalue weighted by atomic mass is 16.5. The third-order valence-corrected chi connectivity index (χ3v) is 3.94. The Morgan fingerprint density at radius 3 is 2.63 bits per heavy atom. The van der Waals surface area contributed by atoms with Crippen molar-refractivity contribution in [2.45, 2.75) is 58.6 Å². The van der Waals surface area contributed by atoms with E-state index in [0.717, 1.165) is 38.2 Å². The zero-order valence-electron chi connectivity index (χ0n) is 13.1. The summed E-state index contributed by atoms with van der Waals surface area (Å²) in [5.74, 6) is 1.14. The molecule has 0 aromatic carbocycles. The molecular weight excluding hydrogens is 238 g/mol. The van der Waals surface area contributed by atoms with Crippen LogP contribution in [0.15, 0.2) is 12.4 Å². The van der Waals surface area contributed by atoms with Gasteiger partial charge in [0.25, 0.3) is 0 Å². The van der Waals surface area contributed by atoms with Gasteiger partial charge in [-0.1, -0.05) is 13.8 Å². The van der Waals surface area contributed by atoms with Crippen molar-refractivity contribution in [2.24, 2.45) is 7.05 Å². The van der Waals surface area contributed by atoms with E-state index < -0.39 is 0 Å². The van der Waals surface area contributed by atoms with E-state index in [4.69, 9.17) is 4.74 Å². The molecule has 0 radical (unpaired) electrons. The van der Waals surface area contributed by atoms with Crippen LogP contribution in [0.5, 0.6) is 0 Å². The Balaban J connectivity index is 2.68. The summed E-state index contributed by atoms with van der Waals surface area (Å²) in [5.41, 5.74) is -0.101. The first-order chi connectivity index (χ1) is 9.07. The third kappa shape index (κ3) is 4.32. The lowest BCUT2D eigenvalue weighted by molar-refractivity contribution is -0.0566. The molecule has 0 aliphatic rings. The van der Waals surface area contributed by atoms with Crippen molar-refractivity contribution >= 4 is 0 Å². The van der Waals surface area contributed by atoms with Gasteiger partial charge in [0.15, 0.2) is 0 Å². The topological polar surface area (TPSA) is 39.1 Å². The number of nitrogens with one attached hydrogen (secondary N) is 1. The van der Waals surface area contributed by atoms with Gasteiger partial charge >= 0.3 is 0 Å². The molecule has 1 heterocycles. The molecule has 0 bridgehead atoms. The Kier molecular flexibility index (Phi) is 6.52. The summed E-state index contributed by atoms with van der Waals surface area (Å²) < 4.78 is 8.09. The van der Waals surface area contributed by atoms with E-state index in [1.54, 1.807) is 0 Å². The molecule has 0 fully saturated rings. The van der Waals surface area contributed by atoms with Crippen LogP contribution in [0.1, 0.15) is 46.4 Å². The molecule has 0 saturated carbocycles. The monoisotopic (exact) mass is 267 g/mol. The standard InChI is InChI=1S/C15H29N3O/c1-6-15(4,19-8-3)13(16-7-2)9-10-14-17-11-12-18(14)5/h11-13,16H,6-10H2,1-5H3. The van der Waals surface area contributed by atoms with Crippen molar-refractivity contribution in [3.05, 3.63) is 18.2 Å². The van der Waals surface area contributed by atoms with Gasteiger partial charge in [-0.05, 0) is 33.2 Å². The lowest BCUT2D eigenvalue weighted by Crippen LogP contribution is -2.50. The van der Waals surface area contributed by atoms with Crippen LogP contribution in [0.2, 0.25) is 0 Å². The van der Waals surface area contributed by atoms with Crippen LogP contribution in [-0.4, -0.2) is 34.3 Å². The van der Waals surface area contributed by atoms with Gasteiger partial charge in [0.1, 0.15) is 5.82 Å². The summed E-state index contributed by atoms with van der Waals surface area (Å²) in [6, 6.07) is 0.360. The molecule has 0 saturated heterocycles.